The van der Waals surface area contributed by atoms with Crippen molar-refractivity contribution in [2.24, 2.45) is 7.05 Å². The molecular weight excluding hydrogens is 232 g/mol. The van der Waals surface area contributed by atoms with E-state index in [0.29, 0.717) is 0 Å². The predicted molar refractivity (Wildman–Crippen MR) is 70.2 cm³/mol. The van der Waals surface area contributed by atoms with Gasteiger partial charge in [-0.15, -0.1) is 16.4 Å². The summed E-state index contributed by atoms with van der Waals surface area (Å²) in [5.74, 6) is 0. The first kappa shape index (κ1) is 12.3. The van der Waals surface area contributed by atoms with E-state index in [1.54, 1.807) is 11.3 Å². The van der Waals surface area contributed by atoms with Crippen LogP contribution in [-0.2, 0) is 13.5 Å². The van der Waals surface area contributed by atoms with E-state index < -0.39 is 0 Å². The zero-order valence-corrected chi connectivity index (χ0v) is 11.3. The van der Waals surface area contributed by atoms with E-state index in [2.05, 4.69) is 40.9 Å². The third-order valence-electron chi connectivity index (χ3n) is 2.88. The van der Waals surface area contributed by atoms with Crippen molar-refractivity contribution in [3.8, 4) is 0 Å². The molecular formula is C12H18N4S. The van der Waals surface area contributed by atoms with E-state index in [1.807, 2.05) is 17.9 Å². The van der Waals surface area contributed by atoms with Crippen LogP contribution in [0.25, 0.3) is 0 Å². The summed E-state index contributed by atoms with van der Waals surface area (Å²) in [6.45, 7) is 5.24. The van der Waals surface area contributed by atoms with Gasteiger partial charge in [0.25, 0.3) is 0 Å². The molecule has 0 spiro atoms. The van der Waals surface area contributed by atoms with Gasteiger partial charge >= 0.3 is 0 Å². The Hall–Kier alpha value is -1.20. The third-order valence-corrected chi connectivity index (χ3v) is 3.90. The highest BCUT2D eigenvalue weighted by Gasteiger charge is 2.20. The van der Waals surface area contributed by atoms with Crippen molar-refractivity contribution < 1.29 is 0 Å². The summed E-state index contributed by atoms with van der Waals surface area (Å²) < 4.78 is 1.84. The van der Waals surface area contributed by atoms with E-state index in [1.165, 1.54) is 10.4 Å². The molecule has 0 saturated carbocycles. The van der Waals surface area contributed by atoms with Crippen molar-refractivity contribution in [1.29, 1.82) is 0 Å². The molecule has 0 aliphatic heterocycles. The lowest BCUT2D eigenvalue weighted by Crippen LogP contribution is -2.24. The molecule has 0 saturated heterocycles. The van der Waals surface area contributed by atoms with Crippen LogP contribution < -0.4 is 5.32 Å². The molecule has 4 nitrogen and oxygen atoms in total. The number of hydrogen-bond donors (Lipinski definition) is 1. The Morgan fingerprint density at radius 2 is 2.29 bits per heavy atom. The van der Waals surface area contributed by atoms with Gasteiger partial charge in [-0.1, -0.05) is 19.1 Å². The van der Waals surface area contributed by atoms with Crippen molar-refractivity contribution >= 4 is 11.3 Å². The number of rotatable bonds is 5. The topological polar surface area (TPSA) is 42.7 Å². The molecule has 1 atom stereocenters. The molecule has 2 heterocycles. The van der Waals surface area contributed by atoms with Gasteiger partial charge in [0.05, 0.1) is 17.9 Å². The van der Waals surface area contributed by atoms with Crippen LogP contribution in [0.3, 0.4) is 0 Å². The Morgan fingerprint density at radius 1 is 1.47 bits per heavy atom. The quantitative estimate of drug-likeness (QED) is 0.884. The second kappa shape index (κ2) is 5.42. The molecule has 0 aliphatic rings. The van der Waals surface area contributed by atoms with Crippen molar-refractivity contribution in [3.63, 3.8) is 0 Å². The summed E-state index contributed by atoms with van der Waals surface area (Å²) in [6.07, 6.45) is 2.90. The lowest BCUT2D eigenvalue weighted by atomic mass is 10.1. The van der Waals surface area contributed by atoms with Crippen LogP contribution in [0.4, 0.5) is 0 Å². The van der Waals surface area contributed by atoms with Crippen molar-refractivity contribution in [2.45, 2.75) is 26.3 Å². The van der Waals surface area contributed by atoms with Crippen molar-refractivity contribution in [3.05, 3.63) is 33.8 Å². The van der Waals surface area contributed by atoms with Gasteiger partial charge in [0.15, 0.2) is 0 Å². The average molecular weight is 250 g/mol. The number of aromatic nitrogens is 3. The van der Waals surface area contributed by atoms with Crippen LogP contribution in [0.2, 0.25) is 0 Å². The Labute approximate surface area is 106 Å². The molecule has 2 rings (SSSR count). The SMILES string of the molecule is CCNC(c1sccc1CC)c1cnnn1C. The van der Waals surface area contributed by atoms with Crippen LogP contribution >= 0.6 is 11.3 Å². The van der Waals surface area contributed by atoms with Crippen molar-refractivity contribution in [2.75, 3.05) is 6.54 Å². The van der Waals surface area contributed by atoms with Gasteiger partial charge in [-0.2, -0.15) is 0 Å². The van der Waals surface area contributed by atoms with Gasteiger partial charge in [0.2, 0.25) is 0 Å². The predicted octanol–water partition coefficient (Wildman–Crippen LogP) is 2.14. The molecule has 0 bridgehead atoms. The molecule has 1 unspecified atom stereocenters. The maximum absolute atomic E-state index is 4.02. The molecule has 1 N–H and O–H groups in total. The van der Waals surface area contributed by atoms with Crippen LogP contribution in [0, 0.1) is 0 Å². The Kier molecular flexibility index (Phi) is 3.91. The van der Waals surface area contributed by atoms with E-state index in [-0.39, 0.29) is 6.04 Å². The van der Waals surface area contributed by atoms with Crippen LogP contribution in [0.15, 0.2) is 17.6 Å². The summed E-state index contributed by atoms with van der Waals surface area (Å²) in [7, 11) is 1.94. The summed E-state index contributed by atoms with van der Waals surface area (Å²) in [4.78, 5) is 1.37. The van der Waals surface area contributed by atoms with Crippen LogP contribution in [0.5, 0.6) is 0 Å². The second-order valence-electron chi connectivity index (χ2n) is 3.94. The zero-order valence-electron chi connectivity index (χ0n) is 10.5. The highest BCUT2D eigenvalue weighted by atomic mass is 32.1. The first-order valence-corrected chi connectivity index (χ1v) is 6.80. The lowest BCUT2D eigenvalue weighted by molar-refractivity contribution is 0.572. The van der Waals surface area contributed by atoms with Crippen molar-refractivity contribution in [1.82, 2.24) is 20.3 Å². The molecule has 17 heavy (non-hydrogen) atoms. The molecule has 0 amide bonds. The number of aryl methyl sites for hydroxylation is 2. The fraction of sp³-hybridized carbons (Fsp3) is 0.500. The standard InChI is InChI=1S/C12H18N4S/c1-4-9-6-7-17-12(9)11(13-5-2)10-8-14-15-16(10)3/h6-8,11,13H,4-5H2,1-3H3. The fourth-order valence-electron chi connectivity index (χ4n) is 1.99. The number of hydrogen-bond acceptors (Lipinski definition) is 4. The number of nitrogens with one attached hydrogen (secondary N) is 1. The maximum Gasteiger partial charge on any atom is 0.0860 e. The molecule has 0 radical (unpaired) electrons. The minimum atomic E-state index is 0.204. The number of nitrogens with zero attached hydrogens (tertiary/aromatic N) is 3. The summed E-state index contributed by atoms with van der Waals surface area (Å²) in [6, 6.07) is 2.41. The highest BCUT2D eigenvalue weighted by molar-refractivity contribution is 7.10. The molecule has 0 aliphatic carbocycles. The minimum absolute atomic E-state index is 0.204. The number of thiophene rings is 1. The molecule has 0 fully saturated rings. The van der Waals surface area contributed by atoms with Gasteiger partial charge < -0.3 is 5.32 Å². The molecule has 2 aromatic heterocycles. The van der Waals surface area contributed by atoms with Gasteiger partial charge in [0, 0.05) is 11.9 Å². The maximum atomic E-state index is 4.02. The van der Waals surface area contributed by atoms with E-state index in [0.717, 1.165) is 18.7 Å². The van der Waals surface area contributed by atoms with Gasteiger partial charge in [0.1, 0.15) is 0 Å². The van der Waals surface area contributed by atoms with Crippen LogP contribution in [-0.4, -0.2) is 21.5 Å². The highest BCUT2D eigenvalue weighted by Crippen LogP contribution is 2.29. The Bertz CT molecular complexity index is 474. The summed E-state index contributed by atoms with van der Waals surface area (Å²) in [5.41, 5.74) is 2.52. The second-order valence-corrected chi connectivity index (χ2v) is 4.88. The monoisotopic (exact) mass is 250 g/mol. The smallest absolute Gasteiger partial charge is 0.0860 e. The molecule has 5 heteroatoms. The van der Waals surface area contributed by atoms with Gasteiger partial charge in [-0.25, -0.2) is 0 Å². The lowest BCUT2D eigenvalue weighted by Gasteiger charge is -2.17. The normalized spacial score (nSPS) is 12.9. The molecule has 0 aromatic carbocycles. The van der Waals surface area contributed by atoms with E-state index in [9.17, 15) is 0 Å². The zero-order chi connectivity index (χ0) is 12.3. The minimum Gasteiger partial charge on any atom is -0.305 e. The summed E-state index contributed by atoms with van der Waals surface area (Å²) in [5, 5.41) is 13.7. The molecule has 2 aromatic rings. The fourth-order valence-corrected chi connectivity index (χ4v) is 3.07. The van der Waals surface area contributed by atoms with Gasteiger partial charge in [-0.3, -0.25) is 4.68 Å². The Balaban J connectivity index is 2.39. The summed E-state index contributed by atoms with van der Waals surface area (Å²) >= 11 is 1.80. The first-order chi connectivity index (χ1) is 8.27. The average Bonchev–Trinajstić information content (AvgIpc) is 2.94. The van der Waals surface area contributed by atoms with Crippen LogP contribution in [0.1, 0.15) is 36.0 Å². The van der Waals surface area contributed by atoms with Gasteiger partial charge in [-0.05, 0) is 30.0 Å². The van der Waals surface area contributed by atoms with E-state index >= 15 is 0 Å². The first-order valence-electron chi connectivity index (χ1n) is 5.92. The largest absolute Gasteiger partial charge is 0.305 e. The Morgan fingerprint density at radius 3 is 2.88 bits per heavy atom. The third kappa shape index (κ3) is 2.40. The van der Waals surface area contributed by atoms with E-state index in [4.69, 9.17) is 0 Å². The molecule has 92 valence electrons.